The lowest BCUT2D eigenvalue weighted by Gasteiger charge is -2.06. The van der Waals surface area contributed by atoms with Crippen molar-refractivity contribution in [2.75, 3.05) is 0 Å². The highest BCUT2D eigenvalue weighted by molar-refractivity contribution is 6.64. The number of benzene rings is 1. The summed E-state index contributed by atoms with van der Waals surface area (Å²) in [4.78, 5) is 0. The van der Waals surface area contributed by atoms with E-state index >= 15 is 0 Å². The van der Waals surface area contributed by atoms with Crippen LogP contribution >= 0.6 is 0 Å². The maximum Gasteiger partial charge on any atom is 0.502 e. The van der Waals surface area contributed by atoms with E-state index in [0.717, 1.165) is 6.07 Å². The molecule has 0 fully saturated rings. The Kier molecular flexibility index (Phi) is 3.11. The summed E-state index contributed by atoms with van der Waals surface area (Å²) in [6.07, 6.45) is 0.359. The molecule has 1 rings (SSSR count). The van der Waals surface area contributed by atoms with Gasteiger partial charge >= 0.3 is 6.98 Å². The van der Waals surface area contributed by atoms with Crippen molar-refractivity contribution in [2.24, 2.45) is 0 Å². The standard InChI is InChI=1S/C8H4BF6/c10-6-2-1-5(7(11)8(6)12)3-4-9(13,14)15/h1-4H/q-1/b4-3+. The van der Waals surface area contributed by atoms with Gasteiger partial charge in [-0.25, -0.2) is 13.2 Å². The van der Waals surface area contributed by atoms with Crippen molar-refractivity contribution in [1.82, 2.24) is 0 Å². The molecule has 82 valence electrons. The van der Waals surface area contributed by atoms with Gasteiger partial charge in [-0.1, -0.05) is 6.08 Å². The molecule has 0 saturated carbocycles. The fraction of sp³-hybridized carbons (Fsp3) is 0. The van der Waals surface area contributed by atoms with Crippen LogP contribution in [0.2, 0.25) is 0 Å². The lowest BCUT2D eigenvalue weighted by Crippen LogP contribution is -2.09. The molecule has 0 radical (unpaired) electrons. The van der Waals surface area contributed by atoms with E-state index in [1.807, 2.05) is 0 Å². The van der Waals surface area contributed by atoms with Crippen LogP contribution in [0.3, 0.4) is 0 Å². The van der Waals surface area contributed by atoms with Gasteiger partial charge in [0.15, 0.2) is 17.5 Å². The SMILES string of the molecule is Fc1ccc(/C=C/[B-](F)(F)F)c(F)c1F. The highest BCUT2D eigenvalue weighted by Crippen LogP contribution is 2.18. The normalized spacial score (nSPS) is 12.4. The van der Waals surface area contributed by atoms with Gasteiger partial charge in [0.05, 0.1) is 0 Å². The van der Waals surface area contributed by atoms with Gasteiger partial charge in [0, 0.05) is 5.56 Å². The van der Waals surface area contributed by atoms with Crippen molar-refractivity contribution < 1.29 is 26.1 Å². The monoisotopic (exact) mass is 225 g/mol. The van der Waals surface area contributed by atoms with E-state index < -0.39 is 30.0 Å². The van der Waals surface area contributed by atoms with Gasteiger partial charge in [-0.05, 0) is 12.1 Å². The Hall–Kier alpha value is -1.40. The Balaban J connectivity index is 3.08. The highest BCUT2D eigenvalue weighted by Gasteiger charge is 2.18. The smallest absolute Gasteiger partial charge is 0.445 e. The average Bonchev–Trinajstić information content (AvgIpc) is 2.12. The molecule has 0 N–H and O–H groups in total. The second-order valence-corrected chi connectivity index (χ2v) is 2.75. The van der Waals surface area contributed by atoms with Crippen molar-refractivity contribution in [2.45, 2.75) is 0 Å². The average molecular weight is 225 g/mol. The summed E-state index contributed by atoms with van der Waals surface area (Å²) < 4.78 is 73.0. The minimum atomic E-state index is -5.23. The van der Waals surface area contributed by atoms with Crippen LogP contribution < -0.4 is 0 Å². The number of rotatable bonds is 2. The molecule has 0 atom stereocenters. The van der Waals surface area contributed by atoms with Crippen LogP contribution in [0, 0.1) is 17.5 Å². The second-order valence-electron chi connectivity index (χ2n) is 2.75. The van der Waals surface area contributed by atoms with Gasteiger partial charge in [-0.2, -0.15) is 0 Å². The number of halogens is 6. The number of hydrogen-bond acceptors (Lipinski definition) is 0. The van der Waals surface area contributed by atoms with Crippen LogP contribution in [0.15, 0.2) is 18.1 Å². The first kappa shape index (κ1) is 11.7. The predicted octanol–water partition coefficient (Wildman–Crippen LogP) is 3.50. The van der Waals surface area contributed by atoms with E-state index in [-0.39, 0.29) is 5.98 Å². The van der Waals surface area contributed by atoms with Gasteiger partial charge in [-0.3, -0.25) is 0 Å². The summed E-state index contributed by atoms with van der Waals surface area (Å²) in [5.41, 5.74) is -0.645. The minimum Gasteiger partial charge on any atom is -0.445 e. The van der Waals surface area contributed by atoms with E-state index in [9.17, 15) is 26.1 Å². The van der Waals surface area contributed by atoms with Gasteiger partial charge < -0.3 is 12.9 Å². The van der Waals surface area contributed by atoms with Gasteiger partial charge in [0.1, 0.15) is 0 Å². The van der Waals surface area contributed by atoms with Crippen molar-refractivity contribution in [3.63, 3.8) is 0 Å². The lowest BCUT2D eigenvalue weighted by molar-refractivity contribution is 0.446. The molecule has 7 heteroatoms. The third kappa shape index (κ3) is 3.04. The first-order chi connectivity index (χ1) is 6.81. The maximum absolute atomic E-state index is 12.8. The molecule has 15 heavy (non-hydrogen) atoms. The summed E-state index contributed by atoms with van der Waals surface area (Å²) in [5, 5.41) is 0. The summed E-state index contributed by atoms with van der Waals surface area (Å²) in [6.45, 7) is -5.23. The molecule has 0 spiro atoms. The Morgan fingerprint density at radius 1 is 0.933 bits per heavy atom. The molecular weight excluding hydrogens is 221 g/mol. The largest absolute Gasteiger partial charge is 0.502 e. The molecule has 0 aliphatic rings. The van der Waals surface area contributed by atoms with Gasteiger partial charge in [0.25, 0.3) is 0 Å². The Morgan fingerprint density at radius 3 is 2.07 bits per heavy atom. The predicted molar refractivity (Wildman–Crippen MR) is 44.4 cm³/mol. The van der Waals surface area contributed by atoms with E-state index in [1.165, 1.54) is 0 Å². The summed E-state index contributed by atoms with van der Waals surface area (Å²) in [5.74, 6) is -5.06. The molecule has 0 aliphatic heterocycles. The first-order valence-corrected chi connectivity index (χ1v) is 3.84. The quantitative estimate of drug-likeness (QED) is 0.410. The van der Waals surface area contributed by atoms with E-state index in [1.54, 1.807) is 0 Å². The number of hydrogen-bond donors (Lipinski definition) is 0. The molecule has 0 amide bonds. The van der Waals surface area contributed by atoms with E-state index in [0.29, 0.717) is 12.1 Å². The van der Waals surface area contributed by atoms with Crippen LogP contribution in [-0.4, -0.2) is 6.98 Å². The Labute approximate surface area is 81.3 Å². The highest BCUT2D eigenvalue weighted by atomic mass is 19.4. The molecule has 0 heterocycles. The summed E-state index contributed by atoms with van der Waals surface area (Å²) in [6, 6.07) is 1.29. The summed E-state index contributed by atoms with van der Waals surface area (Å²) in [7, 11) is 0. The van der Waals surface area contributed by atoms with Crippen molar-refractivity contribution >= 4 is 13.1 Å². The zero-order valence-corrected chi connectivity index (χ0v) is 7.15. The van der Waals surface area contributed by atoms with Crippen LogP contribution in [-0.2, 0) is 0 Å². The van der Waals surface area contributed by atoms with E-state index in [4.69, 9.17) is 0 Å². The molecule has 0 unspecified atom stereocenters. The minimum absolute atomic E-state index is 0.199. The van der Waals surface area contributed by atoms with Crippen LogP contribution in [0.4, 0.5) is 26.1 Å². The third-order valence-electron chi connectivity index (χ3n) is 1.56. The lowest BCUT2D eigenvalue weighted by atomic mass is 9.90. The Morgan fingerprint density at radius 2 is 1.53 bits per heavy atom. The molecule has 1 aromatic carbocycles. The molecule has 0 nitrogen and oxygen atoms in total. The van der Waals surface area contributed by atoms with Gasteiger partial charge in [-0.15, -0.1) is 5.98 Å². The third-order valence-corrected chi connectivity index (χ3v) is 1.56. The molecule has 1 aromatic rings. The Bertz CT molecular complexity index is 395. The van der Waals surface area contributed by atoms with E-state index in [2.05, 4.69) is 0 Å². The zero-order chi connectivity index (χ0) is 11.6. The fourth-order valence-electron chi connectivity index (χ4n) is 0.882. The first-order valence-electron chi connectivity index (χ1n) is 3.84. The van der Waals surface area contributed by atoms with Crippen molar-refractivity contribution in [3.05, 3.63) is 41.1 Å². The van der Waals surface area contributed by atoms with Crippen LogP contribution in [0.5, 0.6) is 0 Å². The topological polar surface area (TPSA) is 0 Å². The van der Waals surface area contributed by atoms with Crippen LogP contribution in [0.1, 0.15) is 5.56 Å². The van der Waals surface area contributed by atoms with Crippen molar-refractivity contribution in [3.8, 4) is 0 Å². The second kappa shape index (κ2) is 4.00. The molecular formula is C8H4BF6-. The zero-order valence-electron chi connectivity index (χ0n) is 7.15. The molecule has 0 bridgehead atoms. The van der Waals surface area contributed by atoms with Crippen LogP contribution in [0.25, 0.3) is 6.08 Å². The van der Waals surface area contributed by atoms with Gasteiger partial charge in [0.2, 0.25) is 0 Å². The van der Waals surface area contributed by atoms with Crippen molar-refractivity contribution in [1.29, 1.82) is 0 Å². The molecule has 0 aliphatic carbocycles. The maximum atomic E-state index is 12.8. The summed E-state index contributed by atoms with van der Waals surface area (Å²) >= 11 is 0. The molecule has 0 saturated heterocycles. The molecule has 0 aromatic heterocycles. The fourth-order valence-corrected chi connectivity index (χ4v) is 0.882.